The first-order valence-corrected chi connectivity index (χ1v) is 7.69. The minimum atomic E-state index is -0.0202. The maximum absolute atomic E-state index is 5.87. The molecule has 2 heterocycles. The Hall–Kier alpha value is -1.30. The van der Waals surface area contributed by atoms with Crippen LogP contribution in [0.15, 0.2) is 22.1 Å². The minimum Gasteiger partial charge on any atom is -0.444 e. The summed E-state index contributed by atoms with van der Waals surface area (Å²) in [6.45, 7) is 12.6. The van der Waals surface area contributed by atoms with Gasteiger partial charge in [0.2, 0.25) is 5.89 Å². The highest BCUT2D eigenvalue weighted by Gasteiger charge is 2.23. The molecule has 110 valence electrons. The van der Waals surface area contributed by atoms with Crippen molar-refractivity contribution in [2.24, 2.45) is 0 Å². The van der Waals surface area contributed by atoms with Crippen molar-refractivity contribution in [2.45, 2.75) is 63.4 Å². The molecule has 0 fully saturated rings. The van der Waals surface area contributed by atoms with Crippen molar-refractivity contribution in [3.63, 3.8) is 0 Å². The van der Waals surface area contributed by atoms with E-state index >= 15 is 0 Å². The van der Waals surface area contributed by atoms with E-state index in [1.54, 1.807) is 18.1 Å². The first-order chi connectivity index (χ1) is 9.29. The van der Waals surface area contributed by atoms with Crippen LogP contribution in [0.4, 0.5) is 0 Å². The molecule has 2 rings (SSSR count). The van der Waals surface area contributed by atoms with E-state index in [-0.39, 0.29) is 10.7 Å². The first kappa shape index (κ1) is 15.1. The molecule has 0 radical (unpaired) electrons. The van der Waals surface area contributed by atoms with E-state index in [1.807, 2.05) is 6.20 Å². The lowest BCUT2D eigenvalue weighted by atomic mass is 9.94. The van der Waals surface area contributed by atoms with Gasteiger partial charge in [-0.25, -0.2) is 4.98 Å². The van der Waals surface area contributed by atoms with Gasteiger partial charge in [-0.2, -0.15) is 0 Å². The molecule has 1 atom stereocenters. The molecule has 20 heavy (non-hydrogen) atoms. The van der Waals surface area contributed by atoms with Crippen LogP contribution in [0.2, 0.25) is 0 Å². The summed E-state index contributed by atoms with van der Waals surface area (Å²) in [4.78, 5) is 4.39. The molecular formula is C14H22N4OS. The summed E-state index contributed by atoms with van der Waals surface area (Å²) in [7, 11) is 0. The second-order valence-electron chi connectivity index (χ2n) is 6.19. The second-order valence-corrected chi connectivity index (χ2v) is 7.50. The predicted octanol–water partition coefficient (Wildman–Crippen LogP) is 4.00. The molecule has 0 aliphatic rings. The third-order valence-corrected chi connectivity index (χ3v) is 4.05. The molecule has 0 aliphatic heterocycles. The SMILES string of the molecule is CC(C)n1cnnc1S[C@H](C)c1ncc(C(C)(C)C)o1. The average Bonchev–Trinajstić information content (AvgIpc) is 2.95. The van der Waals surface area contributed by atoms with Crippen LogP contribution in [-0.2, 0) is 5.41 Å². The number of nitrogens with zero attached hydrogens (tertiary/aromatic N) is 4. The third kappa shape index (κ3) is 3.23. The van der Waals surface area contributed by atoms with Crippen LogP contribution >= 0.6 is 11.8 Å². The molecule has 2 aromatic heterocycles. The van der Waals surface area contributed by atoms with Gasteiger partial charge in [0.25, 0.3) is 0 Å². The molecule has 6 heteroatoms. The van der Waals surface area contributed by atoms with Gasteiger partial charge in [-0.1, -0.05) is 32.5 Å². The standard InChI is InChI=1S/C14H22N4OS/c1-9(2)18-8-16-17-13(18)20-10(3)12-15-7-11(19-12)14(4,5)6/h7-10H,1-6H3/t10-/m1/s1. The Morgan fingerprint density at radius 1 is 1.25 bits per heavy atom. The number of thioether (sulfide) groups is 1. The summed E-state index contributed by atoms with van der Waals surface area (Å²) in [6.07, 6.45) is 3.58. The van der Waals surface area contributed by atoms with Gasteiger partial charge in [-0.15, -0.1) is 10.2 Å². The molecule has 0 unspecified atom stereocenters. The zero-order valence-corrected chi connectivity index (χ0v) is 13.7. The lowest BCUT2D eigenvalue weighted by Gasteiger charge is -2.14. The molecular weight excluding hydrogens is 272 g/mol. The fourth-order valence-electron chi connectivity index (χ4n) is 1.70. The van der Waals surface area contributed by atoms with Crippen molar-refractivity contribution in [3.05, 3.63) is 24.2 Å². The van der Waals surface area contributed by atoms with E-state index in [0.29, 0.717) is 6.04 Å². The summed E-state index contributed by atoms with van der Waals surface area (Å²) in [6, 6.07) is 0.342. The van der Waals surface area contributed by atoms with Gasteiger partial charge in [0, 0.05) is 11.5 Å². The molecule has 2 aromatic rings. The van der Waals surface area contributed by atoms with Crippen molar-refractivity contribution in [1.29, 1.82) is 0 Å². The lowest BCUT2D eigenvalue weighted by Crippen LogP contribution is -2.09. The van der Waals surface area contributed by atoms with Crippen LogP contribution in [0.5, 0.6) is 0 Å². The Bertz CT molecular complexity index is 568. The Morgan fingerprint density at radius 2 is 1.95 bits per heavy atom. The van der Waals surface area contributed by atoms with Crippen molar-refractivity contribution in [1.82, 2.24) is 19.7 Å². The summed E-state index contributed by atoms with van der Waals surface area (Å²) >= 11 is 1.62. The largest absolute Gasteiger partial charge is 0.444 e. The molecule has 0 aliphatic carbocycles. The van der Waals surface area contributed by atoms with Crippen LogP contribution in [0, 0.1) is 0 Å². The highest BCUT2D eigenvalue weighted by atomic mass is 32.2. The normalized spacial score (nSPS) is 13.9. The highest BCUT2D eigenvalue weighted by molar-refractivity contribution is 7.99. The second kappa shape index (κ2) is 5.60. The van der Waals surface area contributed by atoms with Gasteiger partial charge in [-0.05, 0) is 20.8 Å². The molecule has 0 spiro atoms. The summed E-state index contributed by atoms with van der Waals surface area (Å²) < 4.78 is 7.92. The van der Waals surface area contributed by atoms with Crippen molar-refractivity contribution >= 4 is 11.8 Å². The third-order valence-electron chi connectivity index (χ3n) is 2.99. The van der Waals surface area contributed by atoms with Gasteiger partial charge >= 0.3 is 0 Å². The van der Waals surface area contributed by atoms with Crippen molar-refractivity contribution in [3.8, 4) is 0 Å². The monoisotopic (exact) mass is 294 g/mol. The molecule has 0 N–H and O–H groups in total. The Labute approximate surface area is 124 Å². The maximum atomic E-state index is 5.87. The van der Waals surface area contributed by atoms with Gasteiger partial charge in [0.15, 0.2) is 5.16 Å². The molecule has 0 saturated carbocycles. The smallest absolute Gasteiger partial charge is 0.207 e. The summed E-state index contributed by atoms with van der Waals surface area (Å²) in [5, 5.41) is 9.14. The summed E-state index contributed by atoms with van der Waals surface area (Å²) in [5.74, 6) is 1.64. The number of hydrogen-bond donors (Lipinski definition) is 0. The Kier molecular flexibility index (Phi) is 4.22. The zero-order chi connectivity index (χ0) is 14.9. The minimum absolute atomic E-state index is 0.0202. The fourth-order valence-corrected chi connectivity index (χ4v) is 2.70. The molecule has 0 saturated heterocycles. The van der Waals surface area contributed by atoms with Crippen LogP contribution in [0.3, 0.4) is 0 Å². The molecule has 0 bridgehead atoms. The Balaban J connectivity index is 2.14. The van der Waals surface area contributed by atoms with E-state index in [2.05, 4.69) is 61.3 Å². The van der Waals surface area contributed by atoms with Gasteiger partial charge in [0.1, 0.15) is 12.1 Å². The van der Waals surface area contributed by atoms with Crippen LogP contribution in [-0.4, -0.2) is 19.7 Å². The van der Waals surface area contributed by atoms with Crippen LogP contribution in [0.1, 0.15) is 64.5 Å². The molecule has 0 aromatic carbocycles. The number of aromatic nitrogens is 4. The van der Waals surface area contributed by atoms with Gasteiger partial charge < -0.3 is 8.98 Å². The van der Waals surface area contributed by atoms with E-state index < -0.39 is 0 Å². The number of rotatable bonds is 4. The quantitative estimate of drug-likeness (QED) is 0.798. The molecule has 5 nitrogen and oxygen atoms in total. The highest BCUT2D eigenvalue weighted by Crippen LogP contribution is 2.35. The maximum Gasteiger partial charge on any atom is 0.207 e. The van der Waals surface area contributed by atoms with Gasteiger partial charge in [0.05, 0.1) is 11.4 Å². The van der Waals surface area contributed by atoms with E-state index in [9.17, 15) is 0 Å². The fraction of sp³-hybridized carbons (Fsp3) is 0.643. The summed E-state index contributed by atoms with van der Waals surface area (Å²) in [5.41, 5.74) is -0.0202. The zero-order valence-electron chi connectivity index (χ0n) is 12.9. The van der Waals surface area contributed by atoms with E-state index in [4.69, 9.17) is 4.42 Å². The van der Waals surface area contributed by atoms with E-state index in [1.165, 1.54) is 0 Å². The van der Waals surface area contributed by atoms with E-state index in [0.717, 1.165) is 16.8 Å². The first-order valence-electron chi connectivity index (χ1n) is 6.81. The van der Waals surface area contributed by atoms with Crippen LogP contribution < -0.4 is 0 Å². The van der Waals surface area contributed by atoms with Crippen LogP contribution in [0.25, 0.3) is 0 Å². The number of hydrogen-bond acceptors (Lipinski definition) is 5. The lowest BCUT2D eigenvalue weighted by molar-refractivity contribution is 0.383. The van der Waals surface area contributed by atoms with Crippen molar-refractivity contribution < 1.29 is 4.42 Å². The predicted molar refractivity (Wildman–Crippen MR) is 79.9 cm³/mol. The van der Waals surface area contributed by atoms with Crippen molar-refractivity contribution in [2.75, 3.05) is 0 Å². The average molecular weight is 294 g/mol. The van der Waals surface area contributed by atoms with Gasteiger partial charge in [-0.3, -0.25) is 0 Å². The molecule has 0 amide bonds. The Morgan fingerprint density at radius 3 is 2.50 bits per heavy atom. The topological polar surface area (TPSA) is 56.7 Å². The number of oxazole rings is 1.